The Balaban J connectivity index is 2.14. The molecule has 0 saturated heterocycles. The molecule has 2 rings (SSSR count). The summed E-state index contributed by atoms with van der Waals surface area (Å²) in [5.41, 5.74) is 1.67. The van der Waals surface area contributed by atoms with Crippen LogP contribution in [0.15, 0.2) is 11.6 Å². The summed E-state index contributed by atoms with van der Waals surface area (Å²) in [5.74, 6) is 3.54. The maximum absolute atomic E-state index is 5.40. The van der Waals surface area contributed by atoms with Gasteiger partial charge in [-0.1, -0.05) is 25.5 Å². The molecule has 1 saturated carbocycles. The van der Waals surface area contributed by atoms with Crippen molar-refractivity contribution >= 4 is 0 Å². The van der Waals surface area contributed by atoms with Crippen LogP contribution in [0.25, 0.3) is 0 Å². The predicted octanol–water partition coefficient (Wildman–Crippen LogP) is 2.74. The highest BCUT2D eigenvalue weighted by Crippen LogP contribution is 2.53. The molecular formula is C14H24O2. The summed E-state index contributed by atoms with van der Waals surface area (Å²) in [6.45, 7) is 6.39. The van der Waals surface area contributed by atoms with Gasteiger partial charge >= 0.3 is 0 Å². The van der Waals surface area contributed by atoms with E-state index in [1.165, 1.54) is 6.42 Å². The fourth-order valence-electron chi connectivity index (χ4n) is 3.70. The summed E-state index contributed by atoms with van der Waals surface area (Å²) >= 11 is 0. The fourth-order valence-corrected chi connectivity index (χ4v) is 3.70. The first-order valence-electron chi connectivity index (χ1n) is 6.38. The van der Waals surface area contributed by atoms with Gasteiger partial charge in [0, 0.05) is 27.4 Å². The SMILES string of the molecule is COC[C@@H]1[C@H](COC)[C@@H]2C=C(C(C)C)[C@H]1C2. The highest BCUT2D eigenvalue weighted by molar-refractivity contribution is 5.25. The van der Waals surface area contributed by atoms with E-state index < -0.39 is 0 Å². The molecule has 0 amide bonds. The molecule has 2 nitrogen and oxygen atoms in total. The van der Waals surface area contributed by atoms with Gasteiger partial charge in [-0.25, -0.2) is 0 Å². The lowest BCUT2D eigenvalue weighted by atomic mass is 9.77. The Hall–Kier alpha value is -0.340. The Morgan fingerprint density at radius 3 is 2.38 bits per heavy atom. The lowest BCUT2D eigenvalue weighted by molar-refractivity contribution is 0.0613. The van der Waals surface area contributed by atoms with Crippen LogP contribution >= 0.6 is 0 Å². The van der Waals surface area contributed by atoms with Crippen molar-refractivity contribution in [2.75, 3.05) is 27.4 Å². The molecule has 0 radical (unpaired) electrons. The van der Waals surface area contributed by atoms with Crippen molar-refractivity contribution in [3.05, 3.63) is 11.6 Å². The summed E-state index contributed by atoms with van der Waals surface area (Å²) in [4.78, 5) is 0. The Morgan fingerprint density at radius 1 is 1.19 bits per heavy atom. The second-order valence-corrected chi connectivity index (χ2v) is 5.57. The summed E-state index contributed by atoms with van der Waals surface area (Å²) in [7, 11) is 3.62. The molecule has 0 N–H and O–H groups in total. The topological polar surface area (TPSA) is 18.5 Å². The van der Waals surface area contributed by atoms with Gasteiger partial charge in [-0.05, 0) is 36.0 Å². The summed E-state index contributed by atoms with van der Waals surface area (Å²) in [5, 5.41) is 0. The highest BCUT2D eigenvalue weighted by atomic mass is 16.5. The zero-order valence-electron chi connectivity index (χ0n) is 10.9. The second-order valence-electron chi connectivity index (χ2n) is 5.57. The predicted molar refractivity (Wildman–Crippen MR) is 65.3 cm³/mol. The molecule has 0 aromatic carbocycles. The first kappa shape index (κ1) is 12.1. The van der Waals surface area contributed by atoms with E-state index in [1.54, 1.807) is 5.57 Å². The van der Waals surface area contributed by atoms with Crippen LogP contribution < -0.4 is 0 Å². The third kappa shape index (κ3) is 1.93. The third-order valence-electron chi connectivity index (χ3n) is 4.36. The van der Waals surface area contributed by atoms with E-state index in [0.717, 1.165) is 25.0 Å². The molecule has 0 spiro atoms. The van der Waals surface area contributed by atoms with Gasteiger partial charge in [0.15, 0.2) is 0 Å². The van der Waals surface area contributed by atoms with Gasteiger partial charge in [0.25, 0.3) is 0 Å². The zero-order chi connectivity index (χ0) is 11.7. The Labute approximate surface area is 99.0 Å². The van der Waals surface area contributed by atoms with Crippen LogP contribution in [0.2, 0.25) is 0 Å². The van der Waals surface area contributed by atoms with Crippen molar-refractivity contribution in [2.45, 2.75) is 20.3 Å². The van der Waals surface area contributed by atoms with Crippen molar-refractivity contribution in [1.82, 2.24) is 0 Å². The van der Waals surface area contributed by atoms with Crippen LogP contribution in [0.1, 0.15) is 20.3 Å². The van der Waals surface area contributed by atoms with E-state index in [2.05, 4.69) is 19.9 Å². The quantitative estimate of drug-likeness (QED) is 0.669. The van der Waals surface area contributed by atoms with Crippen molar-refractivity contribution < 1.29 is 9.47 Å². The van der Waals surface area contributed by atoms with Gasteiger partial charge in [0.1, 0.15) is 0 Å². The molecule has 92 valence electrons. The molecule has 0 aliphatic heterocycles. The fraction of sp³-hybridized carbons (Fsp3) is 0.857. The monoisotopic (exact) mass is 224 g/mol. The van der Waals surface area contributed by atoms with E-state index in [0.29, 0.717) is 17.8 Å². The van der Waals surface area contributed by atoms with Crippen LogP contribution in [-0.2, 0) is 9.47 Å². The molecule has 0 aromatic heterocycles. The standard InChI is InChI=1S/C14H24O2/c1-9(2)11-5-10-6-12(11)14(8-16-4)13(10)7-15-3/h5,9-10,12-14H,6-8H2,1-4H3/t10-,12-,13-,14+/m1/s1. The molecule has 1 fully saturated rings. The largest absolute Gasteiger partial charge is 0.384 e. The van der Waals surface area contributed by atoms with Gasteiger partial charge in [-0.2, -0.15) is 0 Å². The number of methoxy groups -OCH3 is 2. The molecule has 0 unspecified atom stereocenters. The Morgan fingerprint density at radius 2 is 1.81 bits per heavy atom. The van der Waals surface area contributed by atoms with E-state index in [4.69, 9.17) is 9.47 Å². The van der Waals surface area contributed by atoms with Crippen molar-refractivity contribution in [1.29, 1.82) is 0 Å². The van der Waals surface area contributed by atoms with E-state index >= 15 is 0 Å². The molecule has 2 bridgehead atoms. The third-order valence-corrected chi connectivity index (χ3v) is 4.36. The molecule has 0 heterocycles. The van der Waals surface area contributed by atoms with E-state index in [9.17, 15) is 0 Å². The summed E-state index contributed by atoms with van der Waals surface area (Å²) in [6.07, 6.45) is 3.85. The van der Waals surface area contributed by atoms with Crippen LogP contribution in [0.3, 0.4) is 0 Å². The van der Waals surface area contributed by atoms with Gasteiger partial charge < -0.3 is 9.47 Å². The Bertz CT molecular complexity index is 270. The maximum atomic E-state index is 5.40. The minimum absolute atomic E-state index is 0.678. The van der Waals surface area contributed by atoms with Gasteiger partial charge in [-0.3, -0.25) is 0 Å². The average Bonchev–Trinajstić information content (AvgIpc) is 2.79. The number of ether oxygens (including phenoxy) is 2. The number of rotatable bonds is 5. The molecule has 16 heavy (non-hydrogen) atoms. The number of allylic oxidation sites excluding steroid dienone is 2. The minimum atomic E-state index is 0.678. The molecule has 0 aromatic rings. The van der Waals surface area contributed by atoms with Gasteiger partial charge in [0.2, 0.25) is 0 Å². The number of hydrogen-bond acceptors (Lipinski definition) is 2. The molecule has 2 heteroatoms. The lowest BCUT2D eigenvalue weighted by Crippen LogP contribution is -2.30. The molecule has 2 aliphatic rings. The van der Waals surface area contributed by atoms with Crippen LogP contribution in [0, 0.1) is 29.6 Å². The van der Waals surface area contributed by atoms with Crippen molar-refractivity contribution in [3.8, 4) is 0 Å². The lowest BCUT2D eigenvalue weighted by Gasteiger charge is -2.31. The van der Waals surface area contributed by atoms with Crippen LogP contribution in [-0.4, -0.2) is 27.4 Å². The van der Waals surface area contributed by atoms with Crippen molar-refractivity contribution in [3.63, 3.8) is 0 Å². The maximum Gasteiger partial charge on any atom is 0.0499 e. The molecule has 2 aliphatic carbocycles. The van der Waals surface area contributed by atoms with E-state index in [-0.39, 0.29) is 0 Å². The zero-order valence-corrected chi connectivity index (χ0v) is 10.9. The first-order chi connectivity index (χ1) is 7.69. The second kappa shape index (κ2) is 4.89. The smallest absolute Gasteiger partial charge is 0.0499 e. The summed E-state index contributed by atoms with van der Waals surface area (Å²) in [6, 6.07) is 0. The van der Waals surface area contributed by atoms with Gasteiger partial charge in [0.05, 0.1) is 0 Å². The van der Waals surface area contributed by atoms with Crippen LogP contribution in [0.5, 0.6) is 0 Å². The highest BCUT2D eigenvalue weighted by Gasteiger charge is 2.48. The van der Waals surface area contributed by atoms with Gasteiger partial charge in [-0.15, -0.1) is 0 Å². The minimum Gasteiger partial charge on any atom is -0.384 e. The molecular weight excluding hydrogens is 200 g/mol. The summed E-state index contributed by atoms with van der Waals surface area (Å²) < 4.78 is 10.8. The van der Waals surface area contributed by atoms with Crippen LogP contribution in [0.4, 0.5) is 0 Å². The molecule has 4 atom stereocenters. The number of fused-ring (bicyclic) bond motifs is 2. The van der Waals surface area contributed by atoms with E-state index in [1.807, 2.05) is 14.2 Å². The normalized spacial score (nSPS) is 37.2. The average molecular weight is 224 g/mol. The first-order valence-corrected chi connectivity index (χ1v) is 6.38. The Kier molecular flexibility index (Phi) is 3.70. The number of hydrogen-bond donors (Lipinski definition) is 0. The van der Waals surface area contributed by atoms with Crippen molar-refractivity contribution in [2.24, 2.45) is 29.6 Å².